The lowest BCUT2D eigenvalue weighted by molar-refractivity contribution is -0.129. The fraction of sp³-hybridized carbons (Fsp3) is 0.833. The summed E-state index contributed by atoms with van der Waals surface area (Å²) in [5.74, 6) is 0.443. The second-order valence-corrected chi connectivity index (χ2v) is 4.85. The van der Waals surface area contributed by atoms with Crippen molar-refractivity contribution < 1.29 is 9.59 Å². The molecular weight excluding hydrogens is 218 g/mol. The average molecular weight is 241 g/mol. The number of carbonyl (C=O) groups is 2. The number of nitrogens with one attached hydrogen (secondary N) is 2. The third-order valence-corrected chi connectivity index (χ3v) is 2.95. The number of hydrogen-bond acceptors (Lipinski definition) is 2. The van der Waals surface area contributed by atoms with Crippen LogP contribution < -0.4 is 10.6 Å². The molecule has 2 N–H and O–H groups in total. The number of carbonyl (C=O) groups excluding carboxylic acids is 2. The Kier molecular flexibility index (Phi) is 5.25. The van der Waals surface area contributed by atoms with Crippen LogP contribution in [0.5, 0.6) is 0 Å². The molecule has 1 atom stereocenters. The molecule has 0 aromatic rings. The molecule has 1 unspecified atom stereocenters. The van der Waals surface area contributed by atoms with Crippen LogP contribution in [0.1, 0.15) is 33.6 Å². The number of urea groups is 1. The lowest BCUT2D eigenvalue weighted by Gasteiger charge is -2.21. The van der Waals surface area contributed by atoms with Gasteiger partial charge in [-0.05, 0) is 20.3 Å². The van der Waals surface area contributed by atoms with Gasteiger partial charge >= 0.3 is 6.03 Å². The van der Waals surface area contributed by atoms with E-state index in [1.807, 2.05) is 25.7 Å². The maximum Gasteiger partial charge on any atom is 0.314 e. The standard InChI is InChI=1S/C12H23N3O2/c1-4-5-13-12(17)14-7-10-6-11(16)15(8-10)9(2)3/h9-10H,4-8H2,1-3H3,(H2,13,14,17). The van der Waals surface area contributed by atoms with Crippen molar-refractivity contribution in [3.63, 3.8) is 0 Å². The summed E-state index contributed by atoms with van der Waals surface area (Å²) in [4.78, 5) is 24.8. The van der Waals surface area contributed by atoms with Crippen LogP contribution in [0.15, 0.2) is 0 Å². The normalized spacial score (nSPS) is 19.9. The first-order valence-electron chi connectivity index (χ1n) is 6.35. The van der Waals surface area contributed by atoms with Gasteiger partial charge in [0.2, 0.25) is 5.91 Å². The molecule has 3 amide bonds. The number of likely N-dealkylation sites (tertiary alicyclic amines) is 1. The summed E-state index contributed by atoms with van der Waals surface area (Å²) in [7, 11) is 0. The molecule has 0 saturated carbocycles. The number of rotatable bonds is 5. The maximum atomic E-state index is 11.6. The van der Waals surface area contributed by atoms with Crippen LogP contribution in [0, 0.1) is 5.92 Å². The van der Waals surface area contributed by atoms with E-state index in [4.69, 9.17) is 0 Å². The second-order valence-electron chi connectivity index (χ2n) is 4.85. The highest BCUT2D eigenvalue weighted by atomic mass is 16.2. The van der Waals surface area contributed by atoms with Gasteiger partial charge in [-0.15, -0.1) is 0 Å². The summed E-state index contributed by atoms with van der Waals surface area (Å²) in [5.41, 5.74) is 0. The van der Waals surface area contributed by atoms with Crippen LogP contribution in [0.25, 0.3) is 0 Å². The first kappa shape index (κ1) is 13.8. The molecule has 1 aliphatic heterocycles. The summed E-state index contributed by atoms with van der Waals surface area (Å²) in [5, 5.41) is 5.56. The zero-order valence-corrected chi connectivity index (χ0v) is 11.0. The van der Waals surface area contributed by atoms with Crippen LogP contribution in [0.2, 0.25) is 0 Å². The van der Waals surface area contributed by atoms with Gasteiger partial charge in [-0.1, -0.05) is 6.92 Å². The SMILES string of the molecule is CCCNC(=O)NCC1CC(=O)N(C(C)C)C1. The average Bonchev–Trinajstić information content (AvgIpc) is 2.65. The van der Waals surface area contributed by atoms with E-state index < -0.39 is 0 Å². The molecule has 1 saturated heterocycles. The van der Waals surface area contributed by atoms with Gasteiger partial charge in [-0.2, -0.15) is 0 Å². The zero-order chi connectivity index (χ0) is 12.8. The molecule has 0 bridgehead atoms. The minimum absolute atomic E-state index is 0.137. The molecule has 0 aromatic carbocycles. The number of nitrogens with zero attached hydrogens (tertiary/aromatic N) is 1. The Morgan fingerprint density at radius 2 is 2.18 bits per heavy atom. The van der Waals surface area contributed by atoms with Crippen LogP contribution in [0.3, 0.4) is 0 Å². The fourth-order valence-electron chi connectivity index (χ4n) is 1.98. The Morgan fingerprint density at radius 1 is 1.47 bits per heavy atom. The van der Waals surface area contributed by atoms with Crippen molar-refractivity contribution in [2.45, 2.75) is 39.7 Å². The summed E-state index contributed by atoms with van der Waals surface area (Å²) in [6.45, 7) is 8.06. The molecule has 5 heteroatoms. The van der Waals surface area contributed by atoms with Crippen molar-refractivity contribution in [3.05, 3.63) is 0 Å². The highest BCUT2D eigenvalue weighted by Gasteiger charge is 2.30. The van der Waals surface area contributed by atoms with Gasteiger partial charge in [-0.25, -0.2) is 4.79 Å². The molecule has 5 nitrogen and oxygen atoms in total. The van der Waals surface area contributed by atoms with Gasteiger partial charge in [0.05, 0.1) is 0 Å². The quantitative estimate of drug-likeness (QED) is 0.753. The van der Waals surface area contributed by atoms with E-state index in [1.165, 1.54) is 0 Å². The largest absolute Gasteiger partial charge is 0.340 e. The van der Waals surface area contributed by atoms with E-state index in [-0.39, 0.29) is 23.9 Å². The van der Waals surface area contributed by atoms with Gasteiger partial charge < -0.3 is 15.5 Å². The van der Waals surface area contributed by atoms with Gasteiger partial charge in [0.25, 0.3) is 0 Å². The summed E-state index contributed by atoms with van der Waals surface area (Å²) >= 11 is 0. The Bertz CT molecular complexity index is 279. The number of hydrogen-bond donors (Lipinski definition) is 2. The highest BCUT2D eigenvalue weighted by Crippen LogP contribution is 2.19. The van der Waals surface area contributed by atoms with E-state index in [1.54, 1.807) is 0 Å². The molecular formula is C12H23N3O2. The van der Waals surface area contributed by atoms with Gasteiger partial charge in [0.15, 0.2) is 0 Å². The van der Waals surface area contributed by atoms with Crippen LogP contribution in [0.4, 0.5) is 4.79 Å². The maximum absolute atomic E-state index is 11.6. The van der Waals surface area contributed by atoms with Crippen molar-refractivity contribution in [3.8, 4) is 0 Å². The molecule has 0 radical (unpaired) electrons. The Labute approximate surface area is 103 Å². The van der Waals surface area contributed by atoms with Crippen molar-refractivity contribution >= 4 is 11.9 Å². The number of amides is 3. The van der Waals surface area contributed by atoms with Crippen molar-refractivity contribution in [1.29, 1.82) is 0 Å². The monoisotopic (exact) mass is 241 g/mol. The second kappa shape index (κ2) is 6.47. The molecule has 1 aliphatic rings. The first-order valence-corrected chi connectivity index (χ1v) is 6.35. The molecule has 1 heterocycles. The van der Waals surface area contributed by atoms with Crippen molar-refractivity contribution in [2.24, 2.45) is 5.92 Å². The Morgan fingerprint density at radius 3 is 2.71 bits per heavy atom. The Hall–Kier alpha value is -1.26. The third kappa shape index (κ3) is 4.24. The van der Waals surface area contributed by atoms with Crippen LogP contribution in [-0.2, 0) is 4.79 Å². The van der Waals surface area contributed by atoms with Gasteiger partial charge in [-0.3, -0.25) is 4.79 Å². The predicted octanol–water partition coefficient (Wildman–Crippen LogP) is 0.952. The lowest BCUT2D eigenvalue weighted by atomic mass is 10.1. The van der Waals surface area contributed by atoms with Crippen LogP contribution >= 0.6 is 0 Å². The van der Waals surface area contributed by atoms with Crippen molar-refractivity contribution in [1.82, 2.24) is 15.5 Å². The van der Waals surface area contributed by atoms with Gasteiger partial charge in [0.1, 0.15) is 0 Å². The summed E-state index contributed by atoms with van der Waals surface area (Å²) in [6.07, 6.45) is 1.47. The predicted molar refractivity (Wildman–Crippen MR) is 66.6 cm³/mol. The first-order chi connectivity index (χ1) is 8.04. The molecule has 0 aliphatic carbocycles. The molecule has 1 fully saturated rings. The van der Waals surface area contributed by atoms with E-state index in [9.17, 15) is 9.59 Å². The minimum Gasteiger partial charge on any atom is -0.340 e. The van der Waals surface area contributed by atoms with Crippen molar-refractivity contribution in [2.75, 3.05) is 19.6 Å². The molecule has 98 valence electrons. The molecule has 0 spiro atoms. The highest BCUT2D eigenvalue weighted by molar-refractivity contribution is 5.79. The summed E-state index contributed by atoms with van der Waals surface area (Å²) in [6, 6.07) is 0.115. The topological polar surface area (TPSA) is 61.4 Å². The summed E-state index contributed by atoms with van der Waals surface area (Å²) < 4.78 is 0. The Balaban J connectivity index is 2.26. The van der Waals surface area contributed by atoms with Gasteiger partial charge in [0, 0.05) is 38.0 Å². The molecule has 0 aromatic heterocycles. The smallest absolute Gasteiger partial charge is 0.314 e. The molecule has 17 heavy (non-hydrogen) atoms. The minimum atomic E-state index is -0.137. The molecule has 1 rings (SSSR count). The van der Waals surface area contributed by atoms with E-state index in [0.717, 1.165) is 13.0 Å². The van der Waals surface area contributed by atoms with E-state index in [0.29, 0.717) is 19.5 Å². The van der Waals surface area contributed by atoms with E-state index in [2.05, 4.69) is 10.6 Å². The third-order valence-electron chi connectivity index (χ3n) is 2.95. The van der Waals surface area contributed by atoms with E-state index >= 15 is 0 Å². The zero-order valence-electron chi connectivity index (χ0n) is 11.0. The fourth-order valence-corrected chi connectivity index (χ4v) is 1.98. The lowest BCUT2D eigenvalue weighted by Crippen LogP contribution is -2.39. The van der Waals surface area contributed by atoms with Crippen LogP contribution in [-0.4, -0.2) is 42.5 Å².